The molecule has 0 bridgehead atoms. The van der Waals surface area contributed by atoms with Gasteiger partial charge in [0.2, 0.25) is 0 Å². The molecule has 11 heavy (non-hydrogen) atoms. The lowest BCUT2D eigenvalue weighted by Gasteiger charge is -2.02. The van der Waals surface area contributed by atoms with E-state index in [9.17, 15) is 8.78 Å². The van der Waals surface area contributed by atoms with Gasteiger partial charge in [0.15, 0.2) is 0 Å². The molecule has 0 aromatic heterocycles. The fourth-order valence-electron chi connectivity index (χ4n) is 0.748. The predicted octanol–water partition coefficient (Wildman–Crippen LogP) is 3.57. The summed E-state index contributed by atoms with van der Waals surface area (Å²) < 4.78 is 24.6. The van der Waals surface area contributed by atoms with Gasteiger partial charge in [-0.2, -0.15) is 0 Å². The molecular weight excluding hydrogens is 214 g/mol. The Morgan fingerprint density at radius 1 is 1.36 bits per heavy atom. The Labute approximate surface area is 72.4 Å². The molecule has 0 aliphatic rings. The lowest BCUT2D eigenvalue weighted by atomic mass is 10.2. The first kappa shape index (κ1) is 8.65. The first-order chi connectivity index (χ1) is 5.11. The SMILES string of the molecule is [CH2]c1ccc(C(F)F)c(Br)c1. The van der Waals surface area contributed by atoms with Crippen LogP contribution in [-0.2, 0) is 0 Å². The molecule has 3 heteroatoms. The highest BCUT2D eigenvalue weighted by atomic mass is 79.9. The Hall–Kier alpha value is -0.440. The van der Waals surface area contributed by atoms with E-state index >= 15 is 0 Å². The average Bonchev–Trinajstić information content (AvgIpc) is 1.85. The van der Waals surface area contributed by atoms with Crippen LogP contribution < -0.4 is 0 Å². The molecule has 0 aliphatic carbocycles. The van der Waals surface area contributed by atoms with E-state index in [0.29, 0.717) is 4.47 Å². The van der Waals surface area contributed by atoms with E-state index in [1.165, 1.54) is 6.07 Å². The van der Waals surface area contributed by atoms with E-state index in [4.69, 9.17) is 0 Å². The normalized spacial score (nSPS) is 10.6. The highest BCUT2D eigenvalue weighted by molar-refractivity contribution is 9.10. The molecule has 0 atom stereocenters. The molecule has 0 heterocycles. The van der Waals surface area contributed by atoms with Gasteiger partial charge in [-0.05, 0) is 18.6 Å². The summed E-state index contributed by atoms with van der Waals surface area (Å²) in [6.45, 7) is 3.61. The van der Waals surface area contributed by atoms with Crippen molar-refractivity contribution in [1.29, 1.82) is 0 Å². The van der Waals surface area contributed by atoms with Crippen molar-refractivity contribution >= 4 is 15.9 Å². The summed E-state index contributed by atoms with van der Waals surface area (Å²) in [6.07, 6.45) is -2.43. The quantitative estimate of drug-likeness (QED) is 0.678. The van der Waals surface area contributed by atoms with E-state index in [-0.39, 0.29) is 5.56 Å². The van der Waals surface area contributed by atoms with Crippen molar-refractivity contribution in [2.45, 2.75) is 6.43 Å². The van der Waals surface area contributed by atoms with Gasteiger partial charge in [-0.15, -0.1) is 0 Å². The van der Waals surface area contributed by atoms with Crippen LogP contribution in [0.5, 0.6) is 0 Å². The van der Waals surface area contributed by atoms with E-state index in [1.54, 1.807) is 12.1 Å². The molecule has 0 unspecified atom stereocenters. The molecule has 0 nitrogen and oxygen atoms in total. The standard InChI is InChI=1S/C8H6BrF2/c1-5-2-3-6(8(10)11)7(9)4-5/h2-4,8H,1H2. The maximum absolute atomic E-state index is 12.1. The Bertz CT molecular complexity index is 258. The second-order valence-electron chi connectivity index (χ2n) is 2.16. The van der Waals surface area contributed by atoms with E-state index < -0.39 is 6.43 Å². The minimum atomic E-state index is -2.43. The lowest BCUT2D eigenvalue weighted by Crippen LogP contribution is -1.86. The third kappa shape index (κ3) is 1.99. The van der Waals surface area contributed by atoms with E-state index in [1.807, 2.05) is 0 Å². The Balaban J connectivity index is 3.09. The van der Waals surface area contributed by atoms with Crippen LogP contribution in [0, 0.1) is 6.92 Å². The molecule has 1 aromatic carbocycles. The Morgan fingerprint density at radius 3 is 2.45 bits per heavy atom. The average molecular weight is 220 g/mol. The maximum atomic E-state index is 12.1. The second-order valence-corrected chi connectivity index (χ2v) is 3.01. The van der Waals surface area contributed by atoms with Crippen LogP contribution in [0.2, 0.25) is 0 Å². The minimum Gasteiger partial charge on any atom is -0.205 e. The molecule has 0 amide bonds. The zero-order valence-corrected chi connectivity index (χ0v) is 7.24. The molecule has 59 valence electrons. The van der Waals surface area contributed by atoms with Gasteiger partial charge in [-0.3, -0.25) is 0 Å². The molecule has 1 aromatic rings. The maximum Gasteiger partial charge on any atom is 0.264 e. The fourth-order valence-corrected chi connectivity index (χ4v) is 1.35. The third-order valence-electron chi connectivity index (χ3n) is 1.30. The number of rotatable bonds is 1. The van der Waals surface area contributed by atoms with Crippen molar-refractivity contribution in [3.63, 3.8) is 0 Å². The van der Waals surface area contributed by atoms with Gasteiger partial charge in [0.05, 0.1) is 0 Å². The van der Waals surface area contributed by atoms with Crippen LogP contribution in [0.4, 0.5) is 8.78 Å². The number of halogens is 3. The van der Waals surface area contributed by atoms with Gasteiger partial charge in [0, 0.05) is 10.0 Å². The monoisotopic (exact) mass is 219 g/mol. The van der Waals surface area contributed by atoms with Crippen LogP contribution in [0.1, 0.15) is 17.6 Å². The van der Waals surface area contributed by atoms with Gasteiger partial charge >= 0.3 is 0 Å². The summed E-state index contributed by atoms with van der Waals surface area (Å²) in [6, 6.07) is 4.50. The molecule has 1 radical (unpaired) electrons. The van der Waals surface area contributed by atoms with Gasteiger partial charge in [0.25, 0.3) is 6.43 Å². The summed E-state index contributed by atoms with van der Waals surface area (Å²) >= 11 is 3.03. The number of alkyl halides is 2. The largest absolute Gasteiger partial charge is 0.264 e. The van der Waals surface area contributed by atoms with E-state index in [0.717, 1.165) is 5.56 Å². The van der Waals surface area contributed by atoms with Crippen molar-refractivity contribution in [3.05, 3.63) is 40.7 Å². The van der Waals surface area contributed by atoms with Crippen LogP contribution in [0.25, 0.3) is 0 Å². The van der Waals surface area contributed by atoms with Crippen molar-refractivity contribution < 1.29 is 8.78 Å². The van der Waals surface area contributed by atoms with Crippen LogP contribution in [-0.4, -0.2) is 0 Å². The lowest BCUT2D eigenvalue weighted by molar-refractivity contribution is 0.150. The highest BCUT2D eigenvalue weighted by Crippen LogP contribution is 2.27. The first-order valence-electron chi connectivity index (χ1n) is 3.01. The molecule has 0 saturated carbocycles. The van der Waals surface area contributed by atoms with Gasteiger partial charge in [-0.25, -0.2) is 8.78 Å². The fraction of sp³-hybridized carbons (Fsp3) is 0.125. The summed E-state index contributed by atoms with van der Waals surface area (Å²) in [5.41, 5.74) is 0.735. The van der Waals surface area contributed by atoms with E-state index in [2.05, 4.69) is 22.9 Å². The summed E-state index contributed by atoms with van der Waals surface area (Å²) in [4.78, 5) is 0. The Morgan fingerprint density at radius 2 is 2.00 bits per heavy atom. The van der Waals surface area contributed by atoms with Crippen molar-refractivity contribution in [2.75, 3.05) is 0 Å². The zero-order valence-electron chi connectivity index (χ0n) is 5.65. The second kappa shape index (κ2) is 3.30. The minimum absolute atomic E-state index is 0.0115. The molecule has 0 saturated heterocycles. The molecule has 1 rings (SSSR count). The van der Waals surface area contributed by atoms with Gasteiger partial charge in [0.1, 0.15) is 0 Å². The predicted molar refractivity (Wildman–Crippen MR) is 43.6 cm³/mol. The zero-order chi connectivity index (χ0) is 8.43. The third-order valence-corrected chi connectivity index (χ3v) is 1.99. The first-order valence-corrected chi connectivity index (χ1v) is 3.80. The van der Waals surface area contributed by atoms with Crippen LogP contribution >= 0.6 is 15.9 Å². The molecular formula is C8H6BrF2. The van der Waals surface area contributed by atoms with Crippen LogP contribution in [0.15, 0.2) is 22.7 Å². The summed E-state index contributed by atoms with van der Waals surface area (Å²) in [7, 11) is 0. The van der Waals surface area contributed by atoms with Gasteiger partial charge in [-0.1, -0.05) is 28.1 Å². The molecule has 0 aliphatic heterocycles. The van der Waals surface area contributed by atoms with Crippen LogP contribution in [0.3, 0.4) is 0 Å². The molecule has 0 spiro atoms. The number of hydrogen-bond donors (Lipinski definition) is 0. The van der Waals surface area contributed by atoms with Gasteiger partial charge < -0.3 is 0 Å². The Kier molecular flexibility index (Phi) is 2.60. The molecule has 0 N–H and O–H groups in total. The molecule has 0 fully saturated rings. The topological polar surface area (TPSA) is 0 Å². The van der Waals surface area contributed by atoms with Crippen molar-refractivity contribution in [1.82, 2.24) is 0 Å². The van der Waals surface area contributed by atoms with Crippen molar-refractivity contribution in [2.24, 2.45) is 0 Å². The number of hydrogen-bond acceptors (Lipinski definition) is 0. The number of benzene rings is 1. The smallest absolute Gasteiger partial charge is 0.205 e. The summed E-state index contributed by atoms with van der Waals surface area (Å²) in [5, 5.41) is 0. The van der Waals surface area contributed by atoms with Crippen molar-refractivity contribution in [3.8, 4) is 0 Å². The summed E-state index contributed by atoms with van der Waals surface area (Å²) in [5.74, 6) is 0. The highest BCUT2D eigenvalue weighted by Gasteiger charge is 2.10.